The molecule has 2 N–H and O–H groups in total. The summed E-state index contributed by atoms with van der Waals surface area (Å²) in [5.74, 6) is -0.0824. The number of nitrogens with zero attached hydrogens (tertiary/aromatic N) is 2. The molecule has 1 unspecified atom stereocenters. The lowest BCUT2D eigenvalue weighted by atomic mass is 10.0. The highest BCUT2D eigenvalue weighted by molar-refractivity contribution is 5.91. The third-order valence-corrected chi connectivity index (χ3v) is 3.61. The standard InChI is InChI=1S/C13H19N3O3/c1-16-12(18)7-6-10(15-16)13(19)14-8-11(17)9-4-2-3-5-9/h6-7,9,11,17H,2-5,8H2,1H3,(H,14,19). The summed E-state index contributed by atoms with van der Waals surface area (Å²) >= 11 is 0. The molecule has 1 aromatic heterocycles. The number of nitrogens with one attached hydrogen (secondary N) is 1. The van der Waals surface area contributed by atoms with Gasteiger partial charge in [-0.15, -0.1) is 0 Å². The second-order valence-corrected chi connectivity index (χ2v) is 5.00. The Hall–Kier alpha value is -1.69. The molecule has 1 fully saturated rings. The van der Waals surface area contributed by atoms with Gasteiger partial charge in [0.2, 0.25) is 0 Å². The smallest absolute Gasteiger partial charge is 0.271 e. The lowest BCUT2D eigenvalue weighted by Gasteiger charge is -2.17. The largest absolute Gasteiger partial charge is 0.391 e. The number of amides is 1. The second-order valence-electron chi connectivity index (χ2n) is 5.00. The van der Waals surface area contributed by atoms with Crippen LogP contribution in [-0.2, 0) is 7.05 Å². The summed E-state index contributed by atoms with van der Waals surface area (Å²) in [4.78, 5) is 23.0. The van der Waals surface area contributed by atoms with E-state index in [1.54, 1.807) is 0 Å². The van der Waals surface area contributed by atoms with Gasteiger partial charge in [-0.2, -0.15) is 5.10 Å². The molecule has 1 aromatic rings. The van der Waals surface area contributed by atoms with Crippen molar-refractivity contribution < 1.29 is 9.90 Å². The lowest BCUT2D eigenvalue weighted by molar-refractivity contribution is 0.0835. The summed E-state index contributed by atoms with van der Waals surface area (Å²) in [5, 5.41) is 16.5. The number of carbonyl (C=O) groups excluding carboxylic acids is 1. The van der Waals surface area contributed by atoms with Crippen molar-refractivity contribution >= 4 is 5.91 Å². The van der Waals surface area contributed by atoms with E-state index in [1.807, 2.05) is 0 Å². The van der Waals surface area contributed by atoms with E-state index in [9.17, 15) is 14.7 Å². The first-order valence-electron chi connectivity index (χ1n) is 6.58. The third kappa shape index (κ3) is 3.41. The molecule has 1 heterocycles. The van der Waals surface area contributed by atoms with E-state index in [0.29, 0.717) is 0 Å². The molecule has 1 aliphatic rings. The summed E-state index contributed by atoms with van der Waals surface area (Å²) in [5.41, 5.74) is -0.0803. The fourth-order valence-electron chi connectivity index (χ4n) is 2.42. The fourth-order valence-corrected chi connectivity index (χ4v) is 2.42. The van der Waals surface area contributed by atoms with Gasteiger partial charge in [0, 0.05) is 19.7 Å². The maximum Gasteiger partial charge on any atom is 0.271 e. The van der Waals surface area contributed by atoms with Crippen LogP contribution in [0.1, 0.15) is 36.2 Å². The number of aliphatic hydroxyl groups excluding tert-OH is 1. The van der Waals surface area contributed by atoms with Crippen molar-refractivity contribution in [2.45, 2.75) is 31.8 Å². The van der Waals surface area contributed by atoms with Crippen molar-refractivity contribution in [3.8, 4) is 0 Å². The number of hydrogen-bond donors (Lipinski definition) is 2. The van der Waals surface area contributed by atoms with Gasteiger partial charge in [-0.05, 0) is 24.8 Å². The van der Waals surface area contributed by atoms with Crippen molar-refractivity contribution in [1.29, 1.82) is 0 Å². The molecule has 1 amide bonds. The molecule has 0 aromatic carbocycles. The van der Waals surface area contributed by atoms with E-state index < -0.39 is 6.10 Å². The van der Waals surface area contributed by atoms with Gasteiger partial charge in [-0.1, -0.05) is 12.8 Å². The second kappa shape index (κ2) is 5.97. The van der Waals surface area contributed by atoms with Crippen LogP contribution >= 0.6 is 0 Å². The minimum absolute atomic E-state index is 0.181. The van der Waals surface area contributed by atoms with E-state index in [0.717, 1.165) is 30.4 Å². The summed E-state index contributed by atoms with van der Waals surface area (Å²) in [6.07, 6.45) is 3.85. The Morgan fingerprint density at radius 3 is 2.84 bits per heavy atom. The van der Waals surface area contributed by atoms with Crippen molar-refractivity contribution in [3.63, 3.8) is 0 Å². The zero-order valence-corrected chi connectivity index (χ0v) is 11.0. The van der Waals surface area contributed by atoms with Gasteiger partial charge in [-0.3, -0.25) is 9.59 Å². The van der Waals surface area contributed by atoms with Crippen LogP contribution in [0, 0.1) is 5.92 Å². The molecule has 1 saturated carbocycles. The van der Waals surface area contributed by atoms with Gasteiger partial charge >= 0.3 is 0 Å². The van der Waals surface area contributed by atoms with E-state index in [2.05, 4.69) is 10.4 Å². The van der Waals surface area contributed by atoms with Crippen molar-refractivity contribution in [1.82, 2.24) is 15.1 Å². The number of aromatic nitrogens is 2. The van der Waals surface area contributed by atoms with Crippen molar-refractivity contribution in [2.24, 2.45) is 13.0 Å². The zero-order valence-electron chi connectivity index (χ0n) is 11.0. The molecule has 19 heavy (non-hydrogen) atoms. The highest BCUT2D eigenvalue weighted by Gasteiger charge is 2.23. The highest BCUT2D eigenvalue weighted by Crippen LogP contribution is 2.27. The Kier molecular flexibility index (Phi) is 4.31. The first kappa shape index (κ1) is 13.7. The van der Waals surface area contributed by atoms with E-state index >= 15 is 0 Å². The number of hydrogen-bond acceptors (Lipinski definition) is 4. The lowest BCUT2D eigenvalue weighted by Crippen LogP contribution is -2.36. The zero-order chi connectivity index (χ0) is 13.8. The highest BCUT2D eigenvalue weighted by atomic mass is 16.3. The quantitative estimate of drug-likeness (QED) is 0.806. The molecule has 0 aliphatic heterocycles. The van der Waals surface area contributed by atoms with E-state index in [1.165, 1.54) is 19.2 Å². The predicted octanol–water partition coefficient (Wildman–Crippen LogP) is 0.0612. The minimum atomic E-state index is -0.501. The number of aryl methyl sites for hydroxylation is 1. The van der Waals surface area contributed by atoms with Crippen LogP contribution in [0.5, 0.6) is 0 Å². The molecule has 6 heteroatoms. The Morgan fingerprint density at radius 2 is 2.21 bits per heavy atom. The topological polar surface area (TPSA) is 84.2 Å². The average molecular weight is 265 g/mol. The molecule has 1 aliphatic carbocycles. The van der Waals surface area contributed by atoms with Gasteiger partial charge < -0.3 is 10.4 Å². The molecule has 0 radical (unpaired) electrons. The molecule has 2 rings (SSSR count). The van der Waals surface area contributed by atoms with Gasteiger partial charge in [0.1, 0.15) is 5.69 Å². The van der Waals surface area contributed by atoms with Crippen LogP contribution in [0.3, 0.4) is 0 Å². The molecule has 6 nitrogen and oxygen atoms in total. The van der Waals surface area contributed by atoms with Gasteiger partial charge in [0.05, 0.1) is 6.10 Å². The summed E-state index contributed by atoms with van der Waals surface area (Å²) in [7, 11) is 1.49. The maximum absolute atomic E-state index is 11.8. The predicted molar refractivity (Wildman–Crippen MR) is 69.8 cm³/mol. The third-order valence-electron chi connectivity index (χ3n) is 3.61. The minimum Gasteiger partial charge on any atom is -0.391 e. The normalized spacial score (nSPS) is 17.4. The number of aliphatic hydroxyl groups is 1. The Labute approximate surface area is 111 Å². The average Bonchev–Trinajstić information content (AvgIpc) is 2.92. The van der Waals surface area contributed by atoms with Crippen LogP contribution < -0.4 is 10.9 Å². The molecule has 0 spiro atoms. The van der Waals surface area contributed by atoms with E-state index in [4.69, 9.17) is 0 Å². The number of carbonyl (C=O) groups is 1. The van der Waals surface area contributed by atoms with E-state index in [-0.39, 0.29) is 29.6 Å². The van der Waals surface area contributed by atoms with Crippen molar-refractivity contribution in [2.75, 3.05) is 6.54 Å². The molecular formula is C13H19N3O3. The maximum atomic E-state index is 11.8. The molecule has 0 bridgehead atoms. The summed E-state index contributed by atoms with van der Waals surface area (Å²) in [6.45, 7) is 0.230. The van der Waals surface area contributed by atoms with Crippen LogP contribution in [0.15, 0.2) is 16.9 Å². The molecule has 0 saturated heterocycles. The Bertz CT molecular complexity index is 506. The van der Waals surface area contributed by atoms with Crippen molar-refractivity contribution in [3.05, 3.63) is 28.2 Å². The molecule has 1 atom stereocenters. The van der Waals surface area contributed by atoms with Crippen LogP contribution in [-0.4, -0.2) is 33.4 Å². The van der Waals surface area contributed by atoms with Crippen LogP contribution in [0.4, 0.5) is 0 Å². The first-order chi connectivity index (χ1) is 9.08. The molecule has 104 valence electrons. The first-order valence-corrected chi connectivity index (χ1v) is 6.58. The van der Waals surface area contributed by atoms with Gasteiger partial charge in [0.15, 0.2) is 0 Å². The van der Waals surface area contributed by atoms with Crippen LogP contribution in [0.2, 0.25) is 0 Å². The van der Waals surface area contributed by atoms with Crippen LogP contribution in [0.25, 0.3) is 0 Å². The Morgan fingerprint density at radius 1 is 1.53 bits per heavy atom. The monoisotopic (exact) mass is 265 g/mol. The van der Waals surface area contributed by atoms with Gasteiger partial charge in [0.25, 0.3) is 11.5 Å². The SMILES string of the molecule is Cn1nc(C(=O)NCC(O)C2CCCC2)ccc1=O. The Balaban J connectivity index is 1.89. The number of rotatable bonds is 4. The van der Waals surface area contributed by atoms with Gasteiger partial charge in [-0.25, -0.2) is 4.68 Å². The summed E-state index contributed by atoms with van der Waals surface area (Å²) < 4.78 is 1.11. The fraction of sp³-hybridized carbons (Fsp3) is 0.615. The summed E-state index contributed by atoms with van der Waals surface area (Å²) in [6, 6.07) is 2.69. The molecular weight excluding hydrogens is 246 g/mol.